The lowest BCUT2D eigenvalue weighted by atomic mass is 10.4. The van der Waals surface area contributed by atoms with Crippen molar-refractivity contribution >= 4 is 5.69 Å². The third-order valence-corrected chi connectivity index (χ3v) is 2.73. The number of nitrogens with one attached hydrogen (secondary N) is 1. The maximum absolute atomic E-state index is 11.8. The van der Waals surface area contributed by atoms with Crippen LogP contribution in [-0.2, 0) is 13.1 Å². The first-order valence-electron chi connectivity index (χ1n) is 5.99. The van der Waals surface area contributed by atoms with E-state index in [1.54, 1.807) is 18.5 Å². The summed E-state index contributed by atoms with van der Waals surface area (Å²) in [4.78, 5) is 15.9. The van der Waals surface area contributed by atoms with Crippen LogP contribution < -0.4 is 10.9 Å². The highest BCUT2D eigenvalue weighted by atomic mass is 16.1. The van der Waals surface area contributed by atoms with Crippen LogP contribution in [-0.4, -0.2) is 25.9 Å². The Hall–Kier alpha value is -2.11. The summed E-state index contributed by atoms with van der Waals surface area (Å²) in [5.41, 5.74) is 0.670. The number of rotatable bonds is 5. The smallest absolute Gasteiger partial charge is 0.268 e. The highest BCUT2D eigenvalue weighted by molar-refractivity contribution is 5.38. The summed E-state index contributed by atoms with van der Waals surface area (Å²) >= 11 is 0. The maximum Gasteiger partial charge on any atom is 0.268 e. The molecule has 0 aromatic carbocycles. The number of aromatic nitrogens is 4. The van der Waals surface area contributed by atoms with Crippen LogP contribution in [0.15, 0.2) is 29.5 Å². The third-order valence-electron chi connectivity index (χ3n) is 2.73. The average Bonchev–Trinajstić information content (AvgIpc) is 2.74. The van der Waals surface area contributed by atoms with Gasteiger partial charge in [-0.25, -0.2) is 9.67 Å². The lowest BCUT2D eigenvalue weighted by Crippen LogP contribution is -2.24. The summed E-state index contributed by atoms with van der Waals surface area (Å²) in [5.74, 6) is 0.937. The molecule has 1 N–H and O–H groups in total. The second-order valence-electron chi connectivity index (χ2n) is 4.00. The van der Waals surface area contributed by atoms with Gasteiger partial charge < -0.3 is 9.88 Å². The number of hydrogen-bond acceptors (Lipinski definition) is 4. The minimum atomic E-state index is -0.0915. The molecule has 2 aromatic heterocycles. The van der Waals surface area contributed by atoms with Crippen LogP contribution in [0.25, 0.3) is 0 Å². The molecule has 0 amide bonds. The van der Waals surface area contributed by atoms with E-state index in [1.807, 2.05) is 24.6 Å². The number of nitrogens with zero attached hydrogens (tertiary/aromatic N) is 4. The van der Waals surface area contributed by atoms with Crippen molar-refractivity contribution in [2.24, 2.45) is 0 Å². The summed E-state index contributed by atoms with van der Waals surface area (Å²) in [7, 11) is 0. The van der Waals surface area contributed by atoms with E-state index in [0.29, 0.717) is 13.1 Å². The van der Waals surface area contributed by atoms with Crippen LogP contribution in [0.1, 0.15) is 12.7 Å². The third kappa shape index (κ3) is 2.77. The van der Waals surface area contributed by atoms with E-state index in [0.717, 1.165) is 18.1 Å². The SMILES string of the molecule is CCNc1cnn(CCn2ccnc2C)c(=O)c1. The van der Waals surface area contributed by atoms with Gasteiger partial charge >= 0.3 is 0 Å². The summed E-state index contributed by atoms with van der Waals surface area (Å²) < 4.78 is 3.45. The Bertz CT molecular complexity index is 572. The Morgan fingerprint density at radius 3 is 2.83 bits per heavy atom. The molecule has 0 aliphatic carbocycles. The summed E-state index contributed by atoms with van der Waals surface area (Å²) in [6, 6.07) is 1.57. The van der Waals surface area contributed by atoms with Crippen molar-refractivity contribution in [3.63, 3.8) is 0 Å². The lowest BCUT2D eigenvalue weighted by molar-refractivity contribution is 0.505. The molecule has 0 bridgehead atoms. The largest absolute Gasteiger partial charge is 0.384 e. The first-order valence-corrected chi connectivity index (χ1v) is 5.99. The molecule has 2 aromatic rings. The topological polar surface area (TPSA) is 64.7 Å². The molecular weight excluding hydrogens is 230 g/mol. The fraction of sp³-hybridized carbons (Fsp3) is 0.417. The summed E-state index contributed by atoms with van der Waals surface area (Å²) in [6.07, 6.45) is 5.32. The van der Waals surface area contributed by atoms with Gasteiger partial charge in [-0.15, -0.1) is 0 Å². The molecule has 0 aliphatic rings. The molecule has 0 saturated heterocycles. The van der Waals surface area contributed by atoms with Gasteiger partial charge in [0, 0.05) is 31.5 Å². The van der Waals surface area contributed by atoms with Crippen molar-refractivity contribution in [1.82, 2.24) is 19.3 Å². The molecule has 0 atom stereocenters. The molecule has 2 rings (SSSR count). The fourth-order valence-electron chi connectivity index (χ4n) is 1.74. The van der Waals surface area contributed by atoms with Gasteiger partial charge in [-0.3, -0.25) is 4.79 Å². The first kappa shape index (κ1) is 12.3. The zero-order chi connectivity index (χ0) is 13.0. The Kier molecular flexibility index (Phi) is 3.76. The van der Waals surface area contributed by atoms with E-state index in [9.17, 15) is 4.79 Å². The molecule has 6 heteroatoms. The quantitative estimate of drug-likeness (QED) is 0.852. The van der Waals surface area contributed by atoms with Crippen LogP contribution in [0.3, 0.4) is 0 Å². The van der Waals surface area contributed by atoms with Gasteiger partial charge in [-0.1, -0.05) is 0 Å². The normalized spacial score (nSPS) is 10.6. The van der Waals surface area contributed by atoms with Gasteiger partial charge in [0.05, 0.1) is 18.4 Å². The highest BCUT2D eigenvalue weighted by Crippen LogP contribution is 1.99. The van der Waals surface area contributed by atoms with E-state index in [4.69, 9.17) is 0 Å². The lowest BCUT2D eigenvalue weighted by Gasteiger charge is -2.08. The standard InChI is InChI=1S/C12H17N5O/c1-3-13-11-8-12(18)17(15-9-11)7-6-16-5-4-14-10(16)2/h4-5,8-9,13H,3,6-7H2,1-2H3. The molecule has 0 spiro atoms. The van der Waals surface area contributed by atoms with E-state index in [-0.39, 0.29) is 5.56 Å². The zero-order valence-electron chi connectivity index (χ0n) is 10.6. The molecule has 96 valence electrons. The minimum absolute atomic E-state index is 0.0915. The molecule has 0 unspecified atom stereocenters. The van der Waals surface area contributed by atoms with E-state index in [1.165, 1.54) is 4.68 Å². The van der Waals surface area contributed by atoms with Crippen molar-refractivity contribution in [1.29, 1.82) is 0 Å². The average molecular weight is 247 g/mol. The van der Waals surface area contributed by atoms with Crippen LogP contribution in [0, 0.1) is 6.92 Å². The monoisotopic (exact) mass is 247 g/mol. The fourth-order valence-corrected chi connectivity index (χ4v) is 1.74. The molecule has 0 aliphatic heterocycles. The van der Waals surface area contributed by atoms with E-state index >= 15 is 0 Å². The Labute approximate surface area is 105 Å². The number of imidazole rings is 1. The van der Waals surface area contributed by atoms with Crippen LogP contribution in [0.4, 0.5) is 5.69 Å². The van der Waals surface area contributed by atoms with Gasteiger partial charge in [0.15, 0.2) is 0 Å². The molecule has 18 heavy (non-hydrogen) atoms. The van der Waals surface area contributed by atoms with Gasteiger partial charge in [0.2, 0.25) is 0 Å². The zero-order valence-corrected chi connectivity index (χ0v) is 10.6. The predicted molar refractivity (Wildman–Crippen MR) is 69.6 cm³/mol. The molecule has 2 heterocycles. The van der Waals surface area contributed by atoms with Gasteiger partial charge in [0.1, 0.15) is 5.82 Å². The molecule has 0 radical (unpaired) electrons. The Balaban J connectivity index is 2.06. The molecule has 6 nitrogen and oxygen atoms in total. The minimum Gasteiger partial charge on any atom is -0.384 e. The van der Waals surface area contributed by atoms with Crippen LogP contribution in [0.2, 0.25) is 0 Å². The highest BCUT2D eigenvalue weighted by Gasteiger charge is 2.01. The van der Waals surface area contributed by atoms with Gasteiger partial charge in [-0.05, 0) is 13.8 Å². The van der Waals surface area contributed by atoms with Crippen molar-refractivity contribution in [3.8, 4) is 0 Å². The van der Waals surface area contributed by atoms with E-state index < -0.39 is 0 Å². The number of anilines is 1. The number of aryl methyl sites for hydroxylation is 3. The Morgan fingerprint density at radius 1 is 1.39 bits per heavy atom. The van der Waals surface area contributed by atoms with Crippen molar-refractivity contribution in [3.05, 3.63) is 40.8 Å². The second kappa shape index (κ2) is 5.48. The van der Waals surface area contributed by atoms with Gasteiger partial charge in [-0.2, -0.15) is 5.10 Å². The maximum atomic E-state index is 11.8. The summed E-state index contributed by atoms with van der Waals surface area (Å²) in [5, 5.41) is 7.20. The van der Waals surface area contributed by atoms with Gasteiger partial charge in [0.25, 0.3) is 5.56 Å². The van der Waals surface area contributed by atoms with Crippen molar-refractivity contribution in [2.75, 3.05) is 11.9 Å². The summed E-state index contributed by atoms with van der Waals surface area (Å²) in [6.45, 7) is 5.93. The Morgan fingerprint density at radius 2 is 2.22 bits per heavy atom. The van der Waals surface area contributed by atoms with Crippen LogP contribution in [0.5, 0.6) is 0 Å². The molecule has 0 fully saturated rings. The van der Waals surface area contributed by atoms with Crippen molar-refractivity contribution < 1.29 is 0 Å². The first-order chi connectivity index (χ1) is 8.70. The molecular formula is C12H17N5O. The molecule has 0 saturated carbocycles. The second-order valence-corrected chi connectivity index (χ2v) is 4.00. The van der Waals surface area contributed by atoms with Crippen LogP contribution >= 0.6 is 0 Å². The van der Waals surface area contributed by atoms with E-state index in [2.05, 4.69) is 15.4 Å². The number of hydrogen-bond donors (Lipinski definition) is 1. The predicted octanol–water partition coefficient (Wildman–Crippen LogP) is 0.880. The van der Waals surface area contributed by atoms with Crippen molar-refractivity contribution in [2.45, 2.75) is 26.9 Å².